The van der Waals surface area contributed by atoms with Gasteiger partial charge in [0.1, 0.15) is 0 Å². The van der Waals surface area contributed by atoms with Gasteiger partial charge in [-0.3, -0.25) is 0 Å². The smallest absolute Gasteiger partial charge is 0.211 e. The highest BCUT2D eigenvalue weighted by Gasteiger charge is 2.15. The van der Waals surface area contributed by atoms with Crippen LogP contribution in [0.3, 0.4) is 0 Å². The van der Waals surface area contributed by atoms with Crippen LogP contribution in [0.5, 0.6) is 0 Å². The Morgan fingerprint density at radius 2 is 1.73 bits per heavy atom. The number of sulfonamides is 1. The molecule has 0 aliphatic rings. The van der Waals surface area contributed by atoms with Crippen LogP contribution in [0.4, 0.5) is 0 Å². The summed E-state index contributed by atoms with van der Waals surface area (Å²) in [4.78, 5) is 0. The molecule has 0 saturated carbocycles. The van der Waals surface area contributed by atoms with Crippen molar-refractivity contribution in [2.45, 2.75) is 39.7 Å². The second kappa shape index (κ2) is 7.19. The predicted octanol–water partition coefficient (Wildman–Crippen LogP) is 0.950. The van der Waals surface area contributed by atoms with E-state index in [0.29, 0.717) is 12.3 Å². The van der Waals surface area contributed by atoms with E-state index in [1.54, 1.807) is 0 Å². The van der Waals surface area contributed by atoms with Crippen molar-refractivity contribution in [1.29, 1.82) is 0 Å². The molecular weight excluding hydrogens is 212 g/mol. The zero-order chi connectivity index (χ0) is 11.9. The van der Waals surface area contributed by atoms with E-state index in [2.05, 4.69) is 10.0 Å². The minimum Gasteiger partial charge on any atom is -0.320 e. The van der Waals surface area contributed by atoms with E-state index < -0.39 is 10.0 Å². The molecule has 0 saturated heterocycles. The molecule has 1 unspecified atom stereocenters. The van der Waals surface area contributed by atoms with Crippen LogP contribution in [-0.2, 0) is 10.0 Å². The van der Waals surface area contributed by atoms with Crippen molar-refractivity contribution in [3.8, 4) is 0 Å². The molecule has 0 aromatic heterocycles. The Labute approximate surface area is 93.9 Å². The molecule has 0 spiro atoms. The van der Waals surface area contributed by atoms with Crippen LogP contribution in [-0.4, -0.2) is 33.8 Å². The number of hydrogen-bond acceptors (Lipinski definition) is 3. The summed E-state index contributed by atoms with van der Waals surface area (Å²) in [7, 11) is -1.22. The van der Waals surface area contributed by atoms with Crippen LogP contribution >= 0.6 is 0 Å². The molecule has 0 aliphatic heterocycles. The van der Waals surface area contributed by atoms with E-state index in [1.807, 2.05) is 27.8 Å². The molecule has 0 aliphatic carbocycles. The highest BCUT2D eigenvalue weighted by Crippen LogP contribution is 2.03. The lowest BCUT2D eigenvalue weighted by molar-refractivity contribution is 0.475. The fourth-order valence-corrected chi connectivity index (χ4v) is 2.61. The van der Waals surface area contributed by atoms with Gasteiger partial charge in [-0.25, -0.2) is 13.1 Å². The molecule has 92 valence electrons. The SMILES string of the molecule is CNCCCCS(=O)(=O)NC(C)C(C)C. The molecule has 5 heteroatoms. The third kappa shape index (κ3) is 7.76. The minimum atomic E-state index is -3.08. The first-order chi connectivity index (χ1) is 6.89. The van der Waals surface area contributed by atoms with E-state index in [9.17, 15) is 8.42 Å². The lowest BCUT2D eigenvalue weighted by Gasteiger charge is -2.17. The standard InChI is InChI=1S/C10H24N2O2S/c1-9(2)10(3)12-15(13,14)8-6-5-7-11-4/h9-12H,5-8H2,1-4H3. The Morgan fingerprint density at radius 3 is 2.20 bits per heavy atom. The van der Waals surface area contributed by atoms with Crippen LogP contribution in [0.2, 0.25) is 0 Å². The van der Waals surface area contributed by atoms with Crippen molar-refractivity contribution in [2.75, 3.05) is 19.3 Å². The molecule has 0 bridgehead atoms. The van der Waals surface area contributed by atoms with Crippen LogP contribution in [0, 0.1) is 5.92 Å². The number of nitrogens with one attached hydrogen (secondary N) is 2. The third-order valence-electron chi connectivity index (χ3n) is 2.46. The molecule has 0 radical (unpaired) electrons. The van der Waals surface area contributed by atoms with Crippen molar-refractivity contribution in [1.82, 2.24) is 10.0 Å². The fraction of sp³-hybridized carbons (Fsp3) is 1.00. The lowest BCUT2D eigenvalue weighted by Crippen LogP contribution is -2.37. The largest absolute Gasteiger partial charge is 0.320 e. The van der Waals surface area contributed by atoms with Gasteiger partial charge < -0.3 is 5.32 Å². The molecule has 0 rings (SSSR count). The molecule has 0 heterocycles. The van der Waals surface area contributed by atoms with Gasteiger partial charge in [0.25, 0.3) is 0 Å². The average Bonchev–Trinajstić information content (AvgIpc) is 2.11. The highest BCUT2D eigenvalue weighted by atomic mass is 32.2. The Balaban J connectivity index is 3.87. The molecule has 0 aromatic carbocycles. The van der Waals surface area contributed by atoms with Crippen LogP contribution in [0.25, 0.3) is 0 Å². The Kier molecular flexibility index (Phi) is 7.13. The first-order valence-corrected chi connectivity index (χ1v) is 7.19. The predicted molar refractivity (Wildman–Crippen MR) is 64.4 cm³/mol. The van der Waals surface area contributed by atoms with Gasteiger partial charge in [-0.05, 0) is 39.3 Å². The van der Waals surface area contributed by atoms with Crippen molar-refractivity contribution in [3.05, 3.63) is 0 Å². The first-order valence-electron chi connectivity index (χ1n) is 5.53. The number of unbranched alkanes of at least 4 members (excludes halogenated alkanes) is 1. The zero-order valence-corrected chi connectivity index (χ0v) is 11.0. The Morgan fingerprint density at radius 1 is 1.13 bits per heavy atom. The quantitative estimate of drug-likeness (QED) is 0.617. The summed E-state index contributed by atoms with van der Waals surface area (Å²) in [5, 5.41) is 3.00. The monoisotopic (exact) mass is 236 g/mol. The average molecular weight is 236 g/mol. The number of rotatable bonds is 8. The van der Waals surface area contributed by atoms with Crippen molar-refractivity contribution >= 4 is 10.0 Å². The van der Waals surface area contributed by atoms with E-state index in [1.165, 1.54) is 0 Å². The Bertz CT molecular complexity index is 250. The molecule has 0 aromatic rings. The third-order valence-corrected chi connectivity index (χ3v) is 4.01. The maximum atomic E-state index is 11.6. The van der Waals surface area contributed by atoms with E-state index in [0.717, 1.165) is 13.0 Å². The normalized spacial score (nSPS) is 14.5. The van der Waals surface area contributed by atoms with E-state index in [4.69, 9.17) is 0 Å². The summed E-state index contributed by atoms with van der Waals surface area (Å²) < 4.78 is 25.8. The molecule has 4 nitrogen and oxygen atoms in total. The van der Waals surface area contributed by atoms with Gasteiger partial charge in [0.2, 0.25) is 10.0 Å². The van der Waals surface area contributed by atoms with Crippen LogP contribution in [0.1, 0.15) is 33.6 Å². The van der Waals surface area contributed by atoms with Gasteiger partial charge in [-0.2, -0.15) is 0 Å². The van der Waals surface area contributed by atoms with Gasteiger partial charge in [-0.1, -0.05) is 13.8 Å². The second-order valence-corrected chi connectivity index (χ2v) is 6.15. The van der Waals surface area contributed by atoms with Crippen molar-refractivity contribution < 1.29 is 8.42 Å². The molecule has 15 heavy (non-hydrogen) atoms. The van der Waals surface area contributed by atoms with Crippen LogP contribution < -0.4 is 10.0 Å². The number of hydrogen-bond donors (Lipinski definition) is 2. The van der Waals surface area contributed by atoms with Gasteiger partial charge in [0.05, 0.1) is 5.75 Å². The van der Waals surface area contributed by atoms with Crippen molar-refractivity contribution in [3.63, 3.8) is 0 Å². The van der Waals surface area contributed by atoms with Gasteiger partial charge in [0, 0.05) is 6.04 Å². The minimum absolute atomic E-state index is 0.0132. The van der Waals surface area contributed by atoms with E-state index in [-0.39, 0.29) is 11.8 Å². The summed E-state index contributed by atoms with van der Waals surface area (Å²) in [6.07, 6.45) is 1.61. The maximum absolute atomic E-state index is 11.6. The summed E-state index contributed by atoms with van der Waals surface area (Å²) in [5.74, 6) is 0.559. The molecule has 0 fully saturated rings. The summed E-state index contributed by atoms with van der Waals surface area (Å²) in [5.41, 5.74) is 0. The molecule has 1 atom stereocenters. The lowest BCUT2D eigenvalue weighted by atomic mass is 10.1. The van der Waals surface area contributed by atoms with Crippen molar-refractivity contribution in [2.24, 2.45) is 5.92 Å². The Hall–Kier alpha value is -0.130. The summed E-state index contributed by atoms with van der Waals surface area (Å²) >= 11 is 0. The van der Waals surface area contributed by atoms with Gasteiger partial charge in [-0.15, -0.1) is 0 Å². The van der Waals surface area contributed by atoms with E-state index >= 15 is 0 Å². The molecular formula is C10H24N2O2S. The molecule has 2 N–H and O–H groups in total. The zero-order valence-electron chi connectivity index (χ0n) is 10.2. The second-order valence-electron chi connectivity index (χ2n) is 4.28. The summed E-state index contributed by atoms with van der Waals surface area (Å²) in [6, 6.07) is 0.0132. The highest BCUT2D eigenvalue weighted by molar-refractivity contribution is 7.89. The maximum Gasteiger partial charge on any atom is 0.211 e. The summed E-state index contributed by atoms with van der Waals surface area (Å²) in [6.45, 7) is 6.79. The first kappa shape index (κ1) is 14.9. The fourth-order valence-electron chi connectivity index (χ4n) is 1.07. The topological polar surface area (TPSA) is 58.2 Å². The van der Waals surface area contributed by atoms with Crippen LogP contribution in [0.15, 0.2) is 0 Å². The molecule has 0 amide bonds. The van der Waals surface area contributed by atoms with Gasteiger partial charge >= 0.3 is 0 Å². The van der Waals surface area contributed by atoms with Gasteiger partial charge in [0.15, 0.2) is 0 Å².